The van der Waals surface area contributed by atoms with Crippen LogP contribution in [0.25, 0.3) is 0 Å². The Morgan fingerprint density at radius 2 is 2.00 bits per heavy atom. The van der Waals surface area contributed by atoms with Crippen LogP contribution >= 0.6 is 11.8 Å². The van der Waals surface area contributed by atoms with E-state index in [2.05, 4.69) is 19.2 Å². The van der Waals surface area contributed by atoms with Crippen LogP contribution in [0.4, 0.5) is 14.5 Å². The average molecular weight is 259 g/mol. The highest BCUT2D eigenvalue weighted by molar-refractivity contribution is 7.99. The molecular formula is C13H19F2NS. The van der Waals surface area contributed by atoms with E-state index in [9.17, 15) is 8.78 Å². The second-order valence-corrected chi connectivity index (χ2v) is 5.18. The number of para-hydroxylation sites is 1. The fraction of sp³-hybridized carbons (Fsp3) is 0.538. The first-order valence-corrected chi connectivity index (χ1v) is 6.79. The molecule has 1 aromatic rings. The fourth-order valence-corrected chi connectivity index (χ4v) is 2.31. The molecule has 0 spiro atoms. The average Bonchev–Trinajstić information content (AvgIpc) is 2.27. The van der Waals surface area contributed by atoms with Crippen molar-refractivity contribution in [1.82, 2.24) is 0 Å². The number of nitrogens with one attached hydrogen (secondary N) is 1. The molecular weight excluding hydrogens is 240 g/mol. The van der Waals surface area contributed by atoms with Gasteiger partial charge in [-0.25, -0.2) is 0 Å². The molecule has 0 radical (unpaired) electrons. The maximum absolute atomic E-state index is 12.4. The molecule has 17 heavy (non-hydrogen) atoms. The number of anilines is 1. The van der Waals surface area contributed by atoms with Crippen LogP contribution in [0, 0.1) is 5.92 Å². The van der Waals surface area contributed by atoms with Crippen LogP contribution in [0.3, 0.4) is 0 Å². The Morgan fingerprint density at radius 3 is 2.65 bits per heavy atom. The molecule has 4 heteroatoms. The second-order valence-electron chi connectivity index (χ2n) is 4.15. The van der Waals surface area contributed by atoms with E-state index in [1.807, 2.05) is 12.1 Å². The molecule has 1 N–H and O–H groups in total. The normalized spacial score (nSPS) is 12.8. The molecule has 1 unspecified atom stereocenters. The van der Waals surface area contributed by atoms with Crippen LogP contribution in [0.2, 0.25) is 0 Å². The third kappa shape index (κ3) is 5.39. The zero-order valence-electron chi connectivity index (χ0n) is 10.2. The Balaban J connectivity index is 2.57. The van der Waals surface area contributed by atoms with E-state index in [1.165, 1.54) is 0 Å². The lowest BCUT2D eigenvalue weighted by molar-refractivity contribution is 0.252. The van der Waals surface area contributed by atoms with Crippen LogP contribution in [-0.4, -0.2) is 12.3 Å². The zero-order valence-corrected chi connectivity index (χ0v) is 11.1. The van der Waals surface area contributed by atoms with E-state index >= 15 is 0 Å². The molecule has 0 heterocycles. The summed E-state index contributed by atoms with van der Waals surface area (Å²) in [5.41, 5.74) is 0.806. The van der Waals surface area contributed by atoms with Crippen molar-refractivity contribution >= 4 is 17.4 Å². The molecule has 0 aromatic heterocycles. The summed E-state index contributed by atoms with van der Waals surface area (Å²) >= 11 is 0.594. The molecule has 0 aliphatic carbocycles. The molecule has 0 bridgehead atoms. The van der Waals surface area contributed by atoms with E-state index in [4.69, 9.17) is 0 Å². The molecule has 1 aromatic carbocycles. The van der Waals surface area contributed by atoms with Gasteiger partial charge in [0.25, 0.3) is 5.76 Å². The summed E-state index contributed by atoms with van der Waals surface area (Å²) in [6.07, 6.45) is 2.30. The Hall–Kier alpha value is -0.770. The van der Waals surface area contributed by atoms with Crippen LogP contribution in [0.1, 0.15) is 26.7 Å². The molecule has 1 atom stereocenters. The highest BCUT2D eigenvalue weighted by atomic mass is 32.2. The van der Waals surface area contributed by atoms with Gasteiger partial charge in [0.05, 0.1) is 0 Å². The first-order chi connectivity index (χ1) is 8.13. The highest BCUT2D eigenvalue weighted by Crippen LogP contribution is 2.31. The molecule has 0 amide bonds. The number of hydrogen-bond donors (Lipinski definition) is 1. The van der Waals surface area contributed by atoms with Gasteiger partial charge >= 0.3 is 0 Å². The van der Waals surface area contributed by atoms with Gasteiger partial charge in [-0.05, 0) is 24.5 Å². The maximum Gasteiger partial charge on any atom is 0.288 e. The number of hydrogen-bond acceptors (Lipinski definition) is 2. The van der Waals surface area contributed by atoms with Gasteiger partial charge in [-0.3, -0.25) is 0 Å². The van der Waals surface area contributed by atoms with Gasteiger partial charge in [-0.2, -0.15) is 8.78 Å². The second kappa shape index (κ2) is 7.54. The van der Waals surface area contributed by atoms with E-state index in [-0.39, 0.29) is 0 Å². The maximum atomic E-state index is 12.4. The number of alkyl halides is 2. The Labute approximate surface area is 106 Å². The van der Waals surface area contributed by atoms with Crippen LogP contribution in [-0.2, 0) is 0 Å². The van der Waals surface area contributed by atoms with Crippen molar-refractivity contribution < 1.29 is 8.78 Å². The zero-order chi connectivity index (χ0) is 12.7. The molecule has 1 rings (SSSR count). The molecule has 96 valence electrons. The van der Waals surface area contributed by atoms with E-state index in [1.54, 1.807) is 12.1 Å². The van der Waals surface area contributed by atoms with Crippen LogP contribution < -0.4 is 5.32 Å². The Bertz CT molecular complexity index is 331. The smallest absolute Gasteiger partial charge is 0.288 e. The lowest BCUT2D eigenvalue weighted by atomic mass is 10.1. The van der Waals surface area contributed by atoms with Crippen LogP contribution in [0.15, 0.2) is 29.2 Å². The van der Waals surface area contributed by atoms with Crippen molar-refractivity contribution in [2.24, 2.45) is 5.92 Å². The number of thioether (sulfide) groups is 1. The van der Waals surface area contributed by atoms with Crippen molar-refractivity contribution in [3.63, 3.8) is 0 Å². The van der Waals surface area contributed by atoms with Gasteiger partial charge < -0.3 is 5.32 Å². The summed E-state index contributed by atoms with van der Waals surface area (Å²) in [4.78, 5) is 0.617. The van der Waals surface area contributed by atoms with Crippen molar-refractivity contribution in [3.8, 4) is 0 Å². The minimum absolute atomic E-state index is 0.560. The van der Waals surface area contributed by atoms with Crippen molar-refractivity contribution in [2.45, 2.75) is 37.3 Å². The van der Waals surface area contributed by atoms with Crippen molar-refractivity contribution in [1.29, 1.82) is 0 Å². The standard InChI is InChI=1S/C13H19F2NS/c1-3-6-10(2)9-16-11-7-4-5-8-12(11)17-13(14)15/h4-5,7-8,10,13,16H,3,6,9H2,1-2H3. The summed E-state index contributed by atoms with van der Waals surface area (Å²) in [6.45, 7) is 5.14. The number of halogens is 2. The summed E-state index contributed by atoms with van der Waals surface area (Å²) < 4.78 is 24.7. The van der Waals surface area contributed by atoms with Gasteiger partial charge in [0.2, 0.25) is 0 Å². The quantitative estimate of drug-likeness (QED) is 0.702. The first kappa shape index (κ1) is 14.3. The molecule has 0 saturated carbocycles. The lowest BCUT2D eigenvalue weighted by Crippen LogP contribution is -2.11. The largest absolute Gasteiger partial charge is 0.384 e. The van der Waals surface area contributed by atoms with Gasteiger partial charge in [0, 0.05) is 17.1 Å². The molecule has 0 fully saturated rings. The van der Waals surface area contributed by atoms with Crippen LogP contribution in [0.5, 0.6) is 0 Å². The molecule has 0 saturated heterocycles. The Kier molecular flexibility index (Phi) is 6.34. The predicted molar refractivity (Wildman–Crippen MR) is 70.9 cm³/mol. The summed E-state index contributed by atoms with van der Waals surface area (Å²) in [5.74, 6) is -1.81. The van der Waals surface area contributed by atoms with Gasteiger partial charge in [-0.15, -0.1) is 0 Å². The first-order valence-electron chi connectivity index (χ1n) is 5.91. The SMILES string of the molecule is CCCC(C)CNc1ccccc1SC(F)F. The fourth-order valence-electron chi connectivity index (χ4n) is 1.69. The highest BCUT2D eigenvalue weighted by Gasteiger charge is 2.09. The Morgan fingerprint density at radius 1 is 1.29 bits per heavy atom. The van der Waals surface area contributed by atoms with Crippen molar-refractivity contribution in [2.75, 3.05) is 11.9 Å². The monoisotopic (exact) mass is 259 g/mol. The van der Waals surface area contributed by atoms with Gasteiger partial charge in [-0.1, -0.05) is 44.2 Å². The molecule has 1 nitrogen and oxygen atoms in total. The minimum atomic E-state index is -2.37. The van der Waals surface area contributed by atoms with E-state index in [0.717, 1.165) is 25.1 Å². The van der Waals surface area contributed by atoms with E-state index in [0.29, 0.717) is 22.6 Å². The third-order valence-electron chi connectivity index (χ3n) is 2.53. The summed E-state index contributed by atoms with van der Waals surface area (Å²) in [5, 5.41) is 3.25. The number of benzene rings is 1. The summed E-state index contributed by atoms with van der Waals surface area (Å²) in [6, 6.07) is 7.22. The third-order valence-corrected chi connectivity index (χ3v) is 3.31. The molecule has 0 aliphatic heterocycles. The number of rotatable bonds is 7. The van der Waals surface area contributed by atoms with Gasteiger partial charge in [0.1, 0.15) is 0 Å². The summed E-state index contributed by atoms with van der Waals surface area (Å²) in [7, 11) is 0. The predicted octanol–water partition coefficient (Wildman–Crippen LogP) is 4.85. The minimum Gasteiger partial charge on any atom is -0.384 e. The lowest BCUT2D eigenvalue weighted by Gasteiger charge is -2.15. The van der Waals surface area contributed by atoms with Gasteiger partial charge in [0.15, 0.2) is 0 Å². The topological polar surface area (TPSA) is 12.0 Å². The van der Waals surface area contributed by atoms with Crippen molar-refractivity contribution in [3.05, 3.63) is 24.3 Å². The molecule has 0 aliphatic rings. The van der Waals surface area contributed by atoms with E-state index < -0.39 is 5.76 Å².